The molecule has 0 saturated heterocycles. The minimum atomic E-state index is -4.64. The van der Waals surface area contributed by atoms with E-state index in [1.807, 2.05) is 0 Å². The molecule has 0 saturated carbocycles. The molecule has 0 aromatic carbocycles. The summed E-state index contributed by atoms with van der Waals surface area (Å²) in [4.78, 5) is 0. The summed E-state index contributed by atoms with van der Waals surface area (Å²) >= 11 is 0. The van der Waals surface area contributed by atoms with Crippen LogP contribution < -0.4 is 0 Å². The van der Waals surface area contributed by atoms with Crippen molar-refractivity contribution in [2.45, 2.75) is 32.3 Å². The van der Waals surface area contributed by atoms with Gasteiger partial charge in [-0.15, -0.1) is 0 Å². The molecule has 0 aliphatic heterocycles. The van der Waals surface area contributed by atoms with Crippen molar-refractivity contribution in [2.75, 3.05) is 5.75 Å². The van der Waals surface area contributed by atoms with E-state index in [-0.39, 0.29) is 12.8 Å². The van der Waals surface area contributed by atoms with E-state index in [9.17, 15) is 16.8 Å². The lowest BCUT2D eigenvalue weighted by Crippen LogP contribution is -2.33. The molecule has 0 rings (SSSR count). The van der Waals surface area contributed by atoms with Gasteiger partial charge in [0.05, 0.1) is 11.4 Å². The highest BCUT2D eigenvalue weighted by molar-refractivity contribution is 7.85. The molecule has 15 heavy (non-hydrogen) atoms. The first-order chi connectivity index (χ1) is 6.47. The summed E-state index contributed by atoms with van der Waals surface area (Å²) in [6, 6.07) is 0. The maximum atomic E-state index is 10.5. The van der Waals surface area contributed by atoms with Crippen LogP contribution in [0.25, 0.3) is 0 Å². The predicted molar refractivity (Wildman–Crippen MR) is 52.4 cm³/mol. The van der Waals surface area contributed by atoms with Crippen LogP contribution in [0.4, 0.5) is 0 Å². The number of rotatable bonds is 6. The van der Waals surface area contributed by atoms with Gasteiger partial charge in [-0.25, -0.2) is 4.18 Å². The first-order valence-electron chi connectivity index (χ1n) is 4.11. The number of hydrogen-bond acceptors (Lipinski definition) is 5. The minimum absolute atomic E-state index is 0.169. The van der Waals surface area contributed by atoms with Gasteiger partial charge in [0.25, 0.3) is 10.1 Å². The highest BCUT2D eigenvalue weighted by Gasteiger charge is 2.30. The summed E-state index contributed by atoms with van der Waals surface area (Å²) in [5.41, 5.74) is -1.34. The lowest BCUT2D eigenvalue weighted by molar-refractivity contribution is 0.0731. The van der Waals surface area contributed by atoms with Gasteiger partial charge in [0.15, 0.2) is 0 Å². The van der Waals surface area contributed by atoms with Crippen molar-refractivity contribution in [3.05, 3.63) is 0 Å². The minimum Gasteiger partial charge on any atom is -0.286 e. The molecule has 0 spiro atoms. The Morgan fingerprint density at radius 2 is 1.67 bits per heavy atom. The SMILES string of the molecule is CCC(C)(CCS(=O)(=O)O)OS(=O)(=O)O. The second-order valence-corrected chi connectivity index (χ2v) is 5.94. The molecule has 92 valence electrons. The van der Waals surface area contributed by atoms with Crippen molar-refractivity contribution >= 4 is 20.5 Å². The van der Waals surface area contributed by atoms with Crippen LogP contribution in [-0.4, -0.2) is 37.3 Å². The Morgan fingerprint density at radius 1 is 1.20 bits per heavy atom. The van der Waals surface area contributed by atoms with E-state index in [2.05, 4.69) is 4.18 Å². The van der Waals surface area contributed by atoms with Gasteiger partial charge >= 0.3 is 10.4 Å². The first-order valence-corrected chi connectivity index (χ1v) is 7.08. The Bertz CT molecular complexity index is 395. The monoisotopic (exact) mass is 262 g/mol. The molecular formula is C6H14O7S2. The zero-order valence-corrected chi connectivity index (χ0v) is 10.0. The molecule has 0 aromatic rings. The zero-order valence-electron chi connectivity index (χ0n) is 8.37. The average molecular weight is 262 g/mol. The van der Waals surface area contributed by atoms with Gasteiger partial charge < -0.3 is 0 Å². The van der Waals surface area contributed by atoms with Crippen molar-refractivity contribution in [1.82, 2.24) is 0 Å². The fourth-order valence-corrected chi connectivity index (χ4v) is 2.28. The third-order valence-electron chi connectivity index (χ3n) is 1.94. The Hall–Kier alpha value is -0.220. The van der Waals surface area contributed by atoms with Gasteiger partial charge in [-0.3, -0.25) is 9.11 Å². The molecule has 2 N–H and O–H groups in total. The second kappa shape index (κ2) is 4.74. The van der Waals surface area contributed by atoms with E-state index in [0.717, 1.165) is 0 Å². The molecular weight excluding hydrogens is 248 g/mol. The molecule has 0 amide bonds. The molecule has 7 nitrogen and oxygen atoms in total. The summed E-state index contributed by atoms with van der Waals surface area (Å²) in [5, 5.41) is 0. The van der Waals surface area contributed by atoms with Gasteiger partial charge in [0.1, 0.15) is 0 Å². The third-order valence-corrected chi connectivity index (χ3v) is 3.28. The number of hydrogen-bond donors (Lipinski definition) is 2. The molecule has 0 fully saturated rings. The van der Waals surface area contributed by atoms with Crippen molar-refractivity contribution < 1.29 is 30.1 Å². The van der Waals surface area contributed by atoms with Crippen LogP contribution in [0.1, 0.15) is 26.7 Å². The quantitative estimate of drug-likeness (QED) is 0.659. The van der Waals surface area contributed by atoms with Crippen LogP contribution in [0.3, 0.4) is 0 Å². The van der Waals surface area contributed by atoms with Gasteiger partial charge in [0.2, 0.25) is 0 Å². The normalized spacial score (nSPS) is 17.3. The summed E-state index contributed by atoms with van der Waals surface area (Å²) in [7, 11) is -8.82. The topological polar surface area (TPSA) is 118 Å². The summed E-state index contributed by atoms with van der Waals surface area (Å²) < 4.78 is 63.1. The van der Waals surface area contributed by atoms with E-state index in [1.165, 1.54) is 6.92 Å². The van der Waals surface area contributed by atoms with Crippen LogP contribution in [0.15, 0.2) is 0 Å². The van der Waals surface area contributed by atoms with E-state index in [0.29, 0.717) is 0 Å². The maximum Gasteiger partial charge on any atom is 0.397 e. The zero-order chi connectivity index (χ0) is 12.3. The van der Waals surface area contributed by atoms with Gasteiger partial charge in [-0.05, 0) is 19.8 Å². The predicted octanol–water partition coefficient (Wildman–Crippen LogP) is 0.252. The smallest absolute Gasteiger partial charge is 0.286 e. The van der Waals surface area contributed by atoms with Crippen LogP contribution in [0.5, 0.6) is 0 Å². The third kappa shape index (κ3) is 7.68. The molecule has 0 aliphatic carbocycles. The maximum absolute atomic E-state index is 10.5. The average Bonchev–Trinajstić information content (AvgIpc) is 1.97. The summed E-state index contributed by atoms with van der Waals surface area (Å²) in [5.74, 6) is -0.632. The lowest BCUT2D eigenvalue weighted by Gasteiger charge is -2.25. The Balaban J connectivity index is 4.60. The molecule has 0 heterocycles. The Labute approximate surface area is 89.1 Å². The molecule has 1 atom stereocenters. The molecule has 0 aromatic heterocycles. The Kier molecular flexibility index (Phi) is 4.67. The van der Waals surface area contributed by atoms with Crippen LogP contribution in [0, 0.1) is 0 Å². The summed E-state index contributed by atoms with van der Waals surface area (Å²) in [6.45, 7) is 2.89. The van der Waals surface area contributed by atoms with Crippen molar-refractivity contribution in [2.24, 2.45) is 0 Å². The molecule has 0 bridgehead atoms. The molecule has 9 heteroatoms. The fourth-order valence-electron chi connectivity index (χ4n) is 0.876. The van der Waals surface area contributed by atoms with Crippen molar-refractivity contribution in [1.29, 1.82) is 0 Å². The van der Waals surface area contributed by atoms with Crippen molar-refractivity contribution in [3.8, 4) is 0 Å². The second-order valence-electron chi connectivity index (χ2n) is 3.35. The van der Waals surface area contributed by atoms with E-state index in [4.69, 9.17) is 9.11 Å². The van der Waals surface area contributed by atoms with Gasteiger partial charge in [-0.2, -0.15) is 16.8 Å². The molecule has 0 aliphatic rings. The highest BCUT2D eigenvalue weighted by Crippen LogP contribution is 2.22. The standard InChI is InChI=1S/C6H14O7S2/c1-3-6(2,13-15(10,11)12)4-5-14(7,8)9/h3-5H2,1-2H3,(H,7,8,9)(H,10,11,12). The van der Waals surface area contributed by atoms with Crippen LogP contribution in [0.2, 0.25) is 0 Å². The molecule has 1 unspecified atom stereocenters. The van der Waals surface area contributed by atoms with E-state index in [1.54, 1.807) is 6.92 Å². The van der Waals surface area contributed by atoms with Crippen LogP contribution >= 0.6 is 0 Å². The van der Waals surface area contributed by atoms with Gasteiger partial charge in [0, 0.05) is 0 Å². The van der Waals surface area contributed by atoms with E-state index < -0.39 is 31.9 Å². The van der Waals surface area contributed by atoms with Crippen LogP contribution in [-0.2, 0) is 24.7 Å². The Morgan fingerprint density at radius 3 is 1.93 bits per heavy atom. The summed E-state index contributed by atoms with van der Waals surface area (Å²) in [6.07, 6.45) is -0.0650. The largest absolute Gasteiger partial charge is 0.397 e. The molecule has 0 radical (unpaired) electrons. The fraction of sp³-hybridized carbons (Fsp3) is 1.00. The highest BCUT2D eigenvalue weighted by atomic mass is 32.3. The first kappa shape index (κ1) is 14.8. The lowest BCUT2D eigenvalue weighted by atomic mass is 10.0. The van der Waals surface area contributed by atoms with E-state index >= 15 is 0 Å². The van der Waals surface area contributed by atoms with Crippen molar-refractivity contribution in [3.63, 3.8) is 0 Å². The van der Waals surface area contributed by atoms with Gasteiger partial charge in [-0.1, -0.05) is 6.92 Å².